The van der Waals surface area contributed by atoms with Crippen LogP contribution in [0.15, 0.2) is 77.8 Å². The summed E-state index contributed by atoms with van der Waals surface area (Å²) >= 11 is 0. The number of hydrogen-bond donors (Lipinski definition) is 9. The molecule has 0 radical (unpaired) electrons. The number of aliphatic imine (C=N–C) groups is 1. The number of nitrogens with one attached hydrogen (secondary N) is 2. The number of amides is 1. The quantitative estimate of drug-likeness (QED) is 0.0624. The number of fused-ring (bicyclic) bond motifs is 2. The zero-order chi connectivity index (χ0) is 41.4. The van der Waals surface area contributed by atoms with Gasteiger partial charge in [-0.15, -0.1) is 0 Å². The van der Waals surface area contributed by atoms with Gasteiger partial charge in [-0.25, -0.2) is 4.99 Å². The Morgan fingerprint density at radius 1 is 0.881 bits per heavy atom. The number of rotatable bonds is 11. The molecule has 19 heteroatoms. The maximum atomic E-state index is 12.8. The molecule has 9 N–H and O–H groups in total. The lowest BCUT2D eigenvalue weighted by Gasteiger charge is -2.45. The normalized spacial score (nSPS) is 30.8. The molecule has 0 saturated carbocycles. The van der Waals surface area contributed by atoms with Crippen LogP contribution in [0.1, 0.15) is 11.1 Å². The molecule has 1 aromatic heterocycles. The Morgan fingerprint density at radius 2 is 1.59 bits per heavy atom. The third-order valence-corrected chi connectivity index (χ3v) is 11.2. The van der Waals surface area contributed by atoms with Gasteiger partial charge in [-0.3, -0.25) is 9.69 Å². The molecule has 10 atom stereocenters. The standard InChI is InChI=1S/C40H48BN5O13/c1-45-13-15-46(16-14-45)18-29(49)42-23-8-10-24(11-9-23)43-31(21-5-3-2-4-6-21)30-25-12-7-22(17-26(25)44-38(30)53)41-58-36-35(28(20-48)55-39(54)37(36)59-41)57-40-34(52)33(51)32(50)27(19-47)56-40/h2-12,17,27-28,32-37,39-40,44,47-48,50-54H,13-16,18-20H2,1H3,(H,42,49)/t27-,28-,32+,33+,34-,35-,36+,37-,39+,40+/m1/s1. The van der Waals surface area contributed by atoms with E-state index in [1.54, 1.807) is 42.5 Å². The third kappa shape index (κ3) is 8.66. The van der Waals surface area contributed by atoms with E-state index in [1.807, 2.05) is 30.3 Å². The van der Waals surface area contributed by atoms with E-state index in [1.165, 1.54) is 0 Å². The summed E-state index contributed by atoms with van der Waals surface area (Å²) in [5, 5.41) is 76.8. The van der Waals surface area contributed by atoms with Crippen molar-refractivity contribution in [3.63, 3.8) is 0 Å². The van der Waals surface area contributed by atoms with Gasteiger partial charge < -0.3 is 74.5 Å². The topological polar surface area (TPSA) is 251 Å². The second-order valence-corrected chi connectivity index (χ2v) is 15.2. The smallest absolute Gasteiger partial charge is 0.494 e. The lowest BCUT2D eigenvalue weighted by Crippen LogP contribution is -2.64. The highest BCUT2D eigenvalue weighted by molar-refractivity contribution is 6.62. The third-order valence-electron chi connectivity index (χ3n) is 11.2. The molecule has 314 valence electrons. The first-order valence-corrected chi connectivity index (χ1v) is 19.5. The number of carbonyl (C=O) groups excluding carboxylic acids is 1. The Hall–Kier alpha value is -4.32. The largest absolute Gasteiger partial charge is 0.494 e. The number of aromatic nitrogens is 1. The lowest BCUT2D eigenvalue weighted by atomic mass is 9.79. The Bertz CT molecular complexity index is 2100. The molecule has 0 aliphatic carbocycles. The summed E-state index contributed by atoms with van der Waals surface area (Å²) in [7, 11) is 0.975. The van der Waals surface area contributed by atoms with Crippen molar-refractivity contribution in [3.8, 4) is 5.88 Å². The molecule has 4 aliphatic rings. The summed E-state index contributed by atoms with van der Waals surface area (Å²) in [6.07, 6.45) is -14.0. The first-order chi connectivity index (χ1) is 28.5. The second kappa shape index (κ2) is 17.7. The van der Waals surface area contributed by atoms with Crippen LogP contribution in [0.5, 0.6) is 5.88 Å². The summed E-state index contributed by atoms with van der Waals surface area (Å²) in [6, 6.07) is 21.8. The van der Waals surface area contributed by atoms with E-state index in [9.17, 15) is 40.5 Å². The minimum absolute atomic E-state index is 0.0915. The van der Waals surface area contributed by atoms with Crippen LogP contribution in [0, 0.1) is 0 Å². The highest BCUT2D eigenvalue weighted by Gasteiger charge is 2.56. The summed E-state index contributed by atoms with van der Waals surface area (Å²) in [5.41, 5.74) is 3.89. The average Bonchev–Trinajstić information content (AvgIpc) is 3.84. The number of aromatic amines is 1. The number of carbonyl (C=O) groups is 1. The van der Waals surface area contributed by atoms with E-state index in [-0.39, 0.29) is 11.8 Å². The molecule has 8 rings (SSSR count). The van der Waals surface area contributed by atoms with Gasteiger partial charge in [0.1, 0.15) is 48.8 Å². The van der Waals surface area contributed by atoms with Crippen molar-refractivity contribution in [2.24, 2.45) is 4.99 Å². The number of aliphatic hydroxyl groups excluding tert-OH is 6. The molecule has 5 heterocycles. The van der Waals surface area contributed by atoms with Crippen molar-refractivity contribution < 1.29 is 64.1 Å². The van der Waals surface area contributed by atoms with Crippen molar-refractivity contribution in [2.45, 2.75) is 61.4 Å². The molecule has 4 fully saturated rings. The summed E-state index contributed by atoms with van der Waals surface area (Å²) < 4.78 is 29.5. The molecule has 3 aromatic carbocycles. The molecule has 4 aliphatic heterocycles. The van der Waals surface area contributed by atoms with Crippen LogP contribution in [0.4, 0.5) is 11.4 Å². The highest BCUT2D eigenvalue weighted by Crippen LogP contribution is 2.36. The van der Waals surface area contributed by atoms with Gasteiger partial charge in [0.05, 0.1) is 36.7 Å². The zero-order valence-corrected chi connectivity index (χ0v) is 32.2. The average molecular weight is 818 g/mol. The molecule has 0 unspecified atom stereocenters. The van der Waals surface area contributed by atoms with Gasteiger partial charge in [-0.1, -0.05) is 42.5 Å². The number of benzene rings is 3. The Balaban J connectivity index is 1.02. The molecule has 4 aromatic rings. The van der Waals surface area contributed by atoms with Gasteiger partial charge in [-0.2, -0.15) is 0 Å². The minimum Gasteiger partial charge on any atom is -0.494 e. The van der Waals surface area contributed by atoms with Crippen LogP contribution in [-0.2, 0) is 28.3 Å². The molecule has 59 heavy (non-hydrogen) atoms. The van der Waals surface area contributed by atoms with Gasteiger partial charge >= 0.3 is 7.12 Å². The molecule has 0 spiro atoms. The van der Waals surface area contributed by atoms with Crippen molar-refractivity contribution in [1.29, 1.82) is 0 Å². The van der Waals surface area contributed by atoms with E-state index < -0.39 is 81.7 Å². The predicted molar refractivity (Wildman–Crippen MR) is 212 cm³/mol. The number of aliphatic hydroxyl groups is 6. The molecule has 1 amide bonds. The number of hydrogen-bond acceptors (Lipinski definition) is 16. The van der Waals surface area contributed by atoms with Gasteiger partial charge in [0.25, 0.3) is 0 Å². The number of piperazine rings is 1. The molecule has 4 saturated heterocycles. The van der Waals surface area contributed by atoms with Crippen LogP contribution >= 0.6 is 0 Å². The fourth-order valence-electron chi connectivity index (χ4n) is 7.92. The van der Waals surface area contributed by atoms with Crippen molar-refractivity contribution in [1.82, 2.24) is 14.8 Å². The van der Waals surface area contributed by atoms with E-state index >= 15 is 0 Å². The van der Waals surface area contributed by atoms with E-state index in [0.29, 0.717) is 45.6 Å². The Labute approximate surface area is 339 Å². The van der Waals surface area contributed by atoms with Crippen LogP contribution in [-0.4, -0.2) is 184 Å². The monoisotopic (exact) mass is 817 g/mol. The molecule has 18 nitrogen and oxygen atoms in total. The number of anilines is 1. The summed E-state index contributed by atoms with van der Waals surface area (Å²) in [5.74, 6) is -0.233. The van der Waals surface area contributed by atoms with Crippen LogP contribution in [0.25, 0.3) is 10.9 Å². The Morgan fingerprint density at radius 3 is 2.31 bits per heavy atom. The Kier molecular flexibility index (Phi) is 12.4. The van der Waals surface area contributed by atoms with Crippen molar-refractivity contribution in [2.75, 3.05) is 58.3 Å². The van der Waals surface area contributed by atoms with E-state index in [4.69, 9.17) is 28.5 Å². The minimum atomic E-state index is -1.73. The van der Waals surface area contributed by atoms with E-state index in [2.05, 4.69) is 27.1 Å². The maximum absolute atomic E-state index is 12.8. The number of likely N-dealkylation sites (N-methyl/N-ethyl adjacent to an activating group) is 1. The number of aromatic hydroxyl groups is 1. The van der Waals surface area contributed by atoms with Gasteiger partial charge in [0, 0.05) is 48.3 Å². The van der Waals surface area contributed by atoms with Crippen LogP contribution in [0.2, 0.25) is 0 Å². The fraction of sp³-hybridized carbons (Fsp3) is 0.450. The molecule has 0 bridgehead atoms. The van der Waals surface area contributed by atoms with Crippen LogP contribution in [0.3, 0.4) is 0 Å². The van der Waals surface area contributed by atoms with Gasteiger partial charge in [-0.05, 0) is 42.8 Å². The van der Waals surface area contributed by atoms with Gasteiger partial charge in [0.15, 0.2) is 18.5 Å². The fourth-order valence-corrected chi connectivity index (χ4v) is 7.92. The predicted octanol–water partition coefficient (Wildman–Crippen LogP) is -1.40. The van der Waals surface area contributed by atoms with Crippen LogP contribution < -0.4 is 10.8 Å². The SMILES string of the molecule is CN1CCN(CC(=O)Nc2ccc(N=C(c3ccccc3)c3c(O)[nH]c4cc(B5O[C@@H]6[C@@H](O5)[C@@H](O)O[C@H](CO)[C@H]6O[C@@H]5O[C@H](CO)[C@H](O)[C@H](O)[C@H]5O)ccc34)cc2)CC1. The summed E-state index contributed by atoms with van der Waals surface area (Å²) in [6.45, 7) is 2.52. The highest BCUT2D eigenvalue weighted by atomic mass is 16.8. The van der Waals surface area contributed by atoms with Crippen molar-refractivity contribution in [3.05, 3.63) is 83.9 Å². The van der Waals surface area contributed by atoms with E-state index in [0.717, 1.165) is 31.7 Å². The first kappa shape index (κ1) is 41.4. The second-order valence-electron chi connectivity index (χ2n) is 15.2. The molecular weight excluding hydrogens is 769 g/mol. The number of H-pyrrole nitrogens is 1. The number of nitrogens with zero attached hydrogens (tertiary/aromatic N) is 3. The number of ether oxygens (including phenoxy) is 3. The van der Waals surface area contributed by atoms with Crippen molar-refractivity contribution >= 4 is 46.5 Å². The summed E-state index contributed by atoms with van der Waals surface area (Å²) in [4.78, 5) is 25.1. The maximum Gasteiger partial charge on any atom is 0.494 e. The molecular formula is C40H48BN5O13. The zero-order valence-electron chi connectivity index (χ0n) is 32.2. The van der Waals surface area contributed by atoms with Gasteiger partial charge in [0.2, 0.25) is 5.91 Å². The lowest BCUT2D eigenvalue weighted by molar-refractivity contribution is -0.345. The first-order valence-electron chi connectivity index (χ1n) is 19.5.